The fraction of sp³-hybridized carbons (Fsp3) is 0.571. The summed E-state index contributed by atoms with van der Waals surface area (Å²) in [4.78, 5) is 4.22. The Balaban J connectivity index is 1.99. The molecule has 2 N–H and O–H groups in total. The third-order valence-corrected chi connectivity index (χ3v) is 3.18. The van der Waals surface area contributed by atoms with E-state index in [9.17, 15) is 0 Å². The number of imidazole rings is 1. The van der Waals surface area contributed by atoms with E-state index >= 15 is 0 Å². The van der Waals surface area contributed by atoms with Gasteiger partial charge in [0.2, 0.25) is 0 Å². The molecule has 0 bridgehead atoms. The highest BCUT2D eigenvalue weighted by molar-refractivity contribution is 5.05. The van der Waals surface area contributed by atoms with E-state index in [1.54, 1.807) is 0 Å². The molecule has 5 nitrogen and oxygen atoms in total. The number of hydrogen-bond donors (Lipinski definition) is 1. The Kier molecular flexibility index (Phi) is 4.37. The van der Waals surface area contributed by atoms with Crippen molar-refractivity contribution in [2.24, 2.45) is 11.7 Å². The van der Waals surface area contributed by atoms with Crippen LogP contribution in [0.2, 0.25) is 0 Å². The summed E-state index contributed by atoms with van der Waals surface area (Å²) in [5.74, 6) is 0.590. The summed E-state index contributed by atoms with van der Waals surface area (Å²) in [7, 11) is 0. The monoisotopic (exact) mass is 261 g/mol. The summed E-state index contributed by atoms with van der Waals surface area (Å²) in [5.41, 5.74) is 8.52. The number of nitrogens with two attached hydrogens (primary N) is 1. The minimum atomic E-state index is 0.0573. The number of rotatable bonds is 6. The molecule has 0 fully saturated rings. The van der Waals surface area contributed by atoms with Crippen molar-refractivity contribution in [3.63, 3.8) is 0 Å². The zero-order valence-corrected chi connectivity index (χ0v) is 12.0. The van der Waals surface area contributed by atoms with Crippen molar-refractivity contribution in [1.82, 2.24) is 19.3 Å². The van der Waals surface area contributed by atoms with Crippen molar-refractivity contribution >= 4 is 0 Å². The zero-order chi connectivity index (χ0) is 13.8. The molecule has 104 valence electrons. The lowest BCUT2D eigenvalue weighted by atomic mass is 10.0. The zero-order valence-electron chi connectivity index (χ0n) is 12.0. The molecule has 0 aliphatic carbocycles. The summed E-state index contributed by atoms with van der Waals surface area (Å²) >= 11 is 0. The molecule has 1 atom stereocenters. The van der Waals surface area contributed by atoms with Crippen molar-refractivity contribution in [2.75, 3.05) is 0 Å². The first-order chi connectivity index (χ1) is 9.06. The first kappa shape index (κ1) is 13.8. The van der Waals surface area contributed by atoms with Crippen LogP contribution in [0.15, 0.2) is 24.9 Å². The molecule has 0 aliphatic rings. The summed E-state index contributed by atoms with van der Waals surface area (Å²) in [6.07, 6.45) is 8.63. The molecule has 0 radical (unpaired) electrons. The molecule has 0 aliphatic heterocycles. The molecule has 5 heteroatoms. The Morgan fingerprint density at radius 3 is 2.68 bits per heavy atom. The number of aromatic nitrogens is 4. The lowest BCUT2D eigenvalue weighted by Crippen LogP contribution is -2.18. The van der Waals surface area contributed by atoms with Crippen LogP contribution in [-0.4, -0.2) is 19.3 Å². The average Bonchev–Trinajstić information content (AvgIpc) is 2.93. The van der Waals surface area contributed by atoms with E-state index in [2.05, 4.69) is 28.5 Å². The Morgan fingerprint density at radius 2 is 2.05 bits per heavy atom. The summed E-state index contributed by atoms with van der Waals surface area (Å²) in [6.45, 7) is 8.11. The molecule has 0 amide bonds. The van der Waals surface area contributed by atoms with E-state index in [-0.39, 0.29) is 6.04 Å². The Bertz CT molecular complexity index is 511. The molecule has 1 unspecified atom stereocenters. The van der Waals surface area contributed by atoms with Crippen LogP contribution in [0.5, 0.6) is 0 Å². The number of aryl methyl sites for hydroxylation is 3. The van der Waals surface area contributed by atoms with Gasteiger partial charge in [-0.15, -0.1) is 0 Å². The lowest BCUT2D eigenvalue weighted by Gasteiger charge is -2.16. The van der Waals surface area contributed by atoms with Gasteiger partial charge in [-0.1, -0.05) is 13.8 Å². The Labute approximate surface area is 114 Å². The standard InChI is InChI=1S/C14H23N5/c1-11(2)6-13(15)14-8-16-10-18(14)4-5-19-9-12(3)7-17-19/h7-11,13H,4-6,15H2,1-3H3. The molecule has 19 heavy (non-hydrogen) atoms. The minimum Gasteiger partial charge on any atom is -0.331 e. The van der Waals surface area contributed by atoms with Crippen molar-refractivity contribution < 1.29 is 0 Å². The second kappa shape index (κ2) is 6.02. The van der Waals surface area contributed by atoms with Gasteiger partial charge in [-0.3, -0.25) is 4.68 Å². The second-order valence-corrected chi connectivity index (χ2v) is 5.53. The van der Waals surface area contributed by atoms with Gasteiger partial charge in [-0.25, -0.2) is 4.98 Å². The van der Waals surface area contributed by atoms with Gasteiger partial charge in [-0.2, -0.15) is 5.10 Å². The van der Waals surface area contributed by atoms with E-state index in [4.69, 9.17) is 5.73 Å². The molecule has 0 saturated heterocycles. The summed E-state index contributed by atoms with van der Waals surface area (Å²) in [5, 5.41) is 4.29. The molecule has 2 heterocycles. The van der Waals surface area contributed by atoms with E-state index in [1.165, 1.54) is 5.56 Å². The van der Waals surface area contributed by atoms with E-state index < -0.39 is 0 Å². The van der Waals surface area contributed by atoms with Crippen LogP contribution in [0.25, 0.3) is 0 Å². The predicted molar refractivity (Wildman–Crippen MR) is 75.6 cm³/mol. The maximum absolute atomic E-state index is 6.23. The third-order valence-electron chi connectivity index (χ3n) is 3.18. The minimum absolute atomic E-state index is 0.0573. The first-order valence-corrected chi connectivity index (χ1v) is 6.81. The van der Waals surface area contributed by atoms with Gasteiger partial charge in [0.25, 0.3) is 0 Å². The van der Waals surface area contributed by atoms with Crippen LogP contribution >= 0.6 is 0 Å². The third kappa shape index (κ3) is 3.67. The maximum Gasteiger partial charge on any atom is 0.0949 e. The van der Waals surface area contributed by atoms with Gasteiger partial charge >= 0.3 is 0 Å². The fourth-order valence-electron chi connectivity index (χ4n) is 2.25. The SMILES string of the molecule is Cc1cnn(CCn2cncc2C(N)CC(C)C)c1. The molecular weight excluding hydrogens is 238 g/mol. The number of hydrogen-bond acceptors (Lipinski definition) is 3. The first-order valence-electron chi connectivity index (χ1n) is 6.81. The normalized spacial score (nSPS) is 13.1. The second-order valence-electron chi connectivity index (χ2n) is 5.53. The smallest absolute Gasteiger partial charge is 0.0949 e. The van der Waals surface area contributed by atoms with Gasteiger partial charge in [0.05, 0.1) is 24.8 Å². The topological polar surface area (TPSA) is 61.7 Å². The Hall–Kier alpha value is -1.62. The van der Waals surface area contributed by atoms with Crippen LogP contribution < -0.4 is 5.73 Å². The van der Waals surface area contributed by atoms with Crippen molar-refractivity contribution in [1.29, 1.82) is 0 Å². The molecule has 2 aromatic heterocycles. The van der Waals surface area contributed by atoms with E-state index in [1.807, 2.05) is 36.5 Å². The highest BCUT2D eigenvalue weighted by atomic mass is 15.3. The van der Waals surface area contributed by atoms with Crippen molar-refractivity contribution in [2.45, 2.75) is 46.3 Å². The van der Waals surface area contributed by atoms with Crippen LogP contribution in [0.1, 0.15) is 37.6 Å². The lowest BCUT2D eigenvalue weighted by molar-refractivity contribution is 0.465. The highest BCUT2D eigenvalue weighted by Crippen LogP contribution is 2.18. The summed E-state index contributed by atoms with van der Waals surface area (Å²) in [6, 6.07) is 0.0573. The van der Waals surface area contributed by atoms with E-state index in [0.29, 0.717) is 5.92 Å². The highest BCUT2D eigenvalue weighted by Gasteiger charge is 2.13. The van der Waals surface area contributed by atoms with Crippen LogP contribution in [-0.2, 0) is 13.1 Å². The van der Waals surface area contributed by atoms with Gasteiger partial charge in [-0.05, 0) is 24.8 Å². The van der Waals surface area contributed by atoms with Crippen molar-refractivity contribution in [3.8, 4) is 0 Å². The summed E-state index contributed by atoms with van der Waals surface area (Å²) < 4.78 is 4.08. The van der Waals surface area contributed by atoms with Crippen molar-refractivity contribution in [3.05, 3.63) is 36.2 Å². The van der Waals surface area contributed by atoms with E-state index in [0.717, 1.165) is 25.2 Å². The van der Waals surface area contributed by atoms with Crippen LogP contribution in [0, 0.1) is 12.8 Å². The predicted octanol–water partition coefficient (Wildman–Crippen LogP) is 2.13. The van der Waals surface area contributed by atoms with Gasteiger partial charge in [0.15, 0.2) is 0 Å². The van der Waals surface area contributed by atoms with Crippen LogP contribution in [0.3, 0.4) is 0 Å². The van der Waals surface area contributed by atoms with Gasteiger partial charge in [0, 0.05) is 25.0 Å². The fourth-order valence-corrected chi connectivity index (χ4v) is 2.25. The molecule has 2 aromatic rings. The molecular formula is C14H23N5. The molecule has 0 saturated carbocycles. The van der Waals surface area contributed by atoms with Crippen LogP contribution in [0.4, 0.5) is 0 Å². The Morgan fingerprint density at radius 1 is 1.26 bits per heavy atom. The molecule has 0 spiro atoms. The largest absolute Gasteiger partial charge is 0.331 e. The molecule has 0 aromatic carbocycles. The number of nitrogens with zero attached hydrogens (tertiary/aromatic N) is 4. The molecule has 2 rings (SSSR count). The average molecular weight is 261 g/mol. The van der Waals surface area contributed by atoms with Gasteiger partial charge < -0.3 is 10.3 Å². The van der Waals surface area contributed by atoms with Gasteiger partial charge in [0.1, 0.15) is 0 Å². The maximum atomic E-state index is 6.23. The quantitative estimate of drug-likeness (QED) is 0.866.